The molecule has 4 nitrogen and oxygen atoms in total. The van der Waals surface area contributed by atoms with E-state index < -0.39 is 0 Å². The van der Waals surface area contributed by atoms with Crippen molar-refractivity contribution in [2.24, 2.45) is 4.99 Å². The molecule has 12 rings (SSSR count). The van der Waals surface area contributed by atoms with E-state index in [2.05, 4.69) is 217 Å². The quantitative estimate of drug-likeness (QED) is 0.177. The normalized spacial score (nSPS) is 15.4. The summed E-state index contributed by atoms with van der Waals surface area (Å²) in [6.45, 7) is 0. The van der Waals surface area contributed by atoms with Crippen molar-refractivity contribution in [1.82, 2.24) is 10.6 Å². The fourth-order valence-corrected chi connectivity index (χ4v) is 9.47. The zero-order chi connectivity index (χ0) is 40.3. The molecule has 2 heterocycles. The molecular formula is C57H39N3O. The third kappa shape index (κ3) is 6.07. The highest BCUT2D eigenvalue weighted by Crippen LogP contribution is 2.43. The summed E-state index contributed by atoms with van der Waals surface area (Å²) in [6.07, 6.45) is -0.454. The Balaban J connectivity index is 0.952. The molecule has 1 aliphatic heterocycles. The lowest BCUT2D eigenvalue weighted by atomic mass is 9.91. The summed E-state index contributed by atoms with van der Waals surface area (Å²) in [4.78, 5) is 5.25. The van der Waals surface area contributed by atoms with Gasteiger partial charge in [-0.2, -0.15) is 0 Å². The molecule has 2 N–H and O–H groups in total. The highest BCUT2D eigenvalue weighted by Gasteiger charge is 2.27. The molecule has 10 aromatic carbocycles. The van der Waals surface area contributed by atoms with Gasteiger partial charge in [0.1, 0.15) is 29.3 Å². The number of rotatable bonds is 6. The Morgan fingerprint density at radius 2 is 1.03 bits per heavy atom. The van der Waals surface area contributed by atoms with Crippen molar-refractivity contribution < 1.29 is 4.42 Å². The molecular weight excluding hydrogens is 743 g/mol. The van der Waals surface area contributed by atoms with Gasteiger partial charge in [0.2, 0.25) is 0 Å². The fourth-order valence-electron chi connectivity index (χ4n) is 9.47. The van der Waals surface area contributed by atoms with Gasteiger partial charge in [-0.05, 0) is 101 Å². The number of nitrogens with one attached hydrogen (secondary N) is 2. The van der Waals surface area contributed by atoms with Crippen molar-refractivity contribution >= 4 is 60.1 Å². The van der Waals surface area contributed by atoms with E-state index in [1.54, 1.807) is 0 Å². The Morgan fingerprint density at radius 3 is 1.85 bits per heavy atom. The van der Waals surface area contributed by atoms with Crippen LogP contribution in [0.3, 0.4) is 0 Å². The molecule has 0 fully saturated rings. The first kappa shape index (κ1) is 35.2. The molecule has 0 amide bonds. The molecule has 2 unspecified atom stereocenters. The molecule has 288 valence electrons. The van der Waals surface area contributed by atoms with Crippen LogP contribution < -0.4 is 10.6 Å². The van der Waals surface area contributed by atoms with Crippen LogP contribution >= 0.6 is 0 Å². The van der Waals surface area contributed by atoms with Crippen LogP contribution in [0, 0.1) is 0 Å². The third-order valence-corrected chi connectivity index (χ3v) is 12.4. The van der Waals surface area contributed by atoms with Crippen LogP contribution in [0.4, 0.5) is 0 Å². The van der Waals surface area contributed by atoms with Crippen LogP contribution in [0.2, 0.25) is 0 Å². The molecule has 61 heavy (non-hydrogen) atoms. The van der Waals surface area contributed by atoms with Gasteiger partial charge in [-0.3, -0.25) is 5.32 Å². The van der Waals surface area contributed by atoms with Crippen LogP contribution in [0.25, 0.3) is 87.6 Å². The summed E-state index contributed by atoms with van der Waals surface area (Å²) in [5.41, 5.74) is 12.2. The van der Waals surface area contributed by atoms with E-state index in [1.165, 1.54) is 49.0 Å². The third-order valence-electron chi connectivity index (χ3n) is 12.4. The second-order valence-electron chi connectivity index (χ2n) is 15.9. The minimum atomic E-state index is -0.250. The maximum Gasteiger partial charge on any atom is 0.136 e. The van der Waals surface area contributed by atoms with Crippen LogP contribution in [-0.2, 0) is 0 Å². The van der Waals surface area contributed by atoms with Crippen molar-refractivity contribution in [3.05, 3.63) is 229 Å². The molecule has 0 spiro atoms. The Hall–Kier alpha value is -7.79. The van der Waals surface area contributed by atoms with Crippen LogP contribution in [-0.4, -0.2) is 5.84 Å². The first-order valence-electron chi connectivity index (χ1n) is 20.9. The summed E-state index contributed by atoms with van der Waals surface area (Å²) >= 11 is 0. The van der Waals surface area contributed by atoms with Crippen LogP contribution in [0.15, 0.2) is 222 Å². The Labute approximate surface area is 353 Å². The highest BCUT2D eigenvalue weighted by atomic mass is 16.3. The van der Waals surface area contributed by atoms with E-state index in [0.29, 0.717) is 0 Å². The number of amidine groups is 1. The lowest BCUT2D eigenvalue weighted by Gasteiger charge is -2.33. The highest BCUT2D eigenvalue weighted by molar-refractivity contribution is 6.16. The lowest BCUT2D eigenvalue weighted by Crippen LogP contribution is -2.45. The number of nitrogens with zero attached hydrogens (tertiary/aromatic N) is 1. The molecule has 0 saturated heterocycles. The molecule has 11 aromatic rings. The zero-order valence-corrected chi connectivity index (χ0v) is 33.2. The van der Waals surface area contributed by atoms with E-state index in [4.69, 9.17) is 9.41 Å². The average Bonchev–Trinajstić information content (AvgIpc) is 3.72. The van der Waals surface area contributed by atoms with Crippen molar-refractivity contribution in [3.63, 3.8) is 0 Å². The average molecular weight is 782 g/mol. The molecule has 0 aliphatic carbocycles. The number of aliphatic imine (C=N–C) groups is 1. The molecule has 0 saturated carbocycles. The van der Waals surface area contributed by atoms with Gasteiger partial charge in [0.05, 0.1) is 0 Å². The van der Waals surface area contributed by atoms with E-state index >= 15 is 0 Å². The largest absolute Gasteiger partial charge is 0.456 e. The first-order valence-corrected chi connectivity index (χ1v) is 20.9. The minimum Gasteiger partial charge on any atom is -0.456 e. The van der Waals surface area contributed by atoms with E-state index in [1.807, 2.05) is 6.07 Å². The Bertz CT molecular complexity index is 3500. The van der Waals surface area contributed by atoms with Crippen LogP contribution in [0.1, 0.15) is 29.0 Å². The lowest BCUT2D eigenvalue weighted by molar-refractivity contribution is 0.411. The fraction of sp³-hybridized carbons (Fsp3) is 0.0351. The Kier molecular flexibility index (Phi) is 8.36. The number of hydrogen-bond acceptors (Lipinski definition) is 4. The summed E-state index contributed by atoms with van der Waals surface area (Å²) in [7, 11) is 0. The first-order chi connectivity index (χ1) is 30.2. The van der Waals surface area contributed by atoms with Crippen molar-refractivity contribution in [3.8, 4) is 33.4 Å². The van der Waals surface area contributed by atoms with Gasteiger partial charge in [0, 0.05) is 16.3 Å². The van der Waals surface area contributed by atoms with E-state index in [-0.39, 0.29) is 12.3 Å². The van der Waals surface area contributed by atoms with Gasteiger partial charge in [0.15, 0.2) is 0 Å². The maximum atomic E-state index is 6.71. The molecule has 1 aliphatic rings. The predicted octanol–water partition coefficient (Wildman–Crippen LogP) is 14.4. The Morgan fingerprint density at radius 1 is 0.393 bits per heavy atom. The molecule has 0 bridgehead atoms. The molecule has 1 aromatic heterocycles. The van der Waals surface area contributed by atoms with Gasteiger partial charge in [-0.1, -0.05) is 188 Å². The molecule has 0 radical (unpaired) electrons. The maximum absolute atomic E-state index is 6.71. The molecule has 2 atom stereocenters. The topological polar surface area (TPSA) is 49.6 Å². The second-order valence-corrected chi connectivity index (χ2v) is 15.9. The summed E-state index contributed by atoms with van der Waals surface area (Å²) in [6, 6.07) is 75.8. The van der Waals surface area contributed by atoms with Crippen molar-refractivity contribution in [2.75, 3.05) is 0 Å². The van der Waals surface area contributed by atoms with E-state index in [0.717, 1.165) is 61.2 Å². The number of furan rings is 1. The van der Waals surface area contributed by atoms with Gasteiger partial charge in [-0.15, -0.1) is 0 Å². The second kappa shape index (κ2) is 14.5. The monoisotopic (exact) mass is 781 g/mol. The molecule has 4 heteroatoms. The van der Waals surface area contributed by atoms with Gasteiger partial charge in [0.25, 0.3) is 0 Å². The smallest absolute Gasteiger partial charge is 0.136 e. The van der Waals surface area contributed by atoms with Crippen molar-refractivity contribution in [2.45, 2.75) is 12.3 Å². The van der Waals surface area contributed by atoms with E-state index in [9.17, 15) is 0 Å². The number of hydrogen-bond donors (Lipinski definition) is 2. The van der Waals surface area contributed by atoms with Crippen LogP contribution in [0.5, 0.6) is 0 Å². The number of benzene rings is 10. The van der Waals surface area contributed by atoms with Gasteiger partial charge in [-0.25, -0.2) is 4.99 Å². The summed E-state index contributed by atoms with van der Waals surface area (Å²) in [5, 5.41) is 17.1. The SMILES string of the molecule is c1ccc(C2=NC(c3ccc4ccccc4c3)NC(c3cccc4c(-c5cccc6oc7cc(-c8ccc(-c9ccccc9)c9ccccc89)ccc7c56)cccc34)N2)cc1. The zero-order valence-electron chi connectivity index (χ0n) is 33.2. The minimum absolute atomic E-state index is 0.204. The summed E-state index contributed by atoms with van der Waals surface area (Å²) < 4.78 is 6.71. The van der Waals surface area contributed by atoms with Crippen molar-refractivity contribution in [1.29, 1.82) is 0 Å². The number of fused-ring (bicyclic) bond motifs is 6. The summed E-state index contributed by atoms with van der Waals surface area (Å²) in [5.74, 6) is 0.866. The van der Waals surface area contributed by atoms with Gasteiger partial charge >= 0.3 is 0 Å². The predicted molar refractivity (Wildman–Crippen MR) is 254 cm³/mol. The standard InChI is InChI=1S/C57H39N3O/c1-3-15-37(16-4-1)42-32-33-43(45-21-10-9-20-44(42)45)40-30-31-51-53(35-40)61-52-27-13-25-49(54(51)52)47-23-11-24-48-46(47)22-12-26-50(48)57-59-55(38-17-5-2-6-18-38)58-56(60-57)41-29-28-36-14-7-8-19-39(36)34-41/h1-35,56-57,60H,(H,58,59). The van der Waals surface area contributed by atoms with Gasteiger partial charge < -0.3 is 9.73 Å².